The first kappa shape index (κ1) is 28.0. The lowest BCUT2D eigenvalue weighted by molar-refractivity contribution is 0.0350. The molecule has 2 aromatic carbocycles. The second kappa shape index (κ2) is 10.4. The van der Waals surface area contributed by atoms with E-state index in [1.54, 1.807) is 12.0 Å². The Bertz CT molecular complexity index is 1660. The number of carbonyl (C=O) groups excluding carboxylic acids is 1. The van der Waals surface area contributed by atoms with Crippen molar-refractivity contribution in [3.05, 3.63) is 47.0 Å². The highest BCUT2D eigenvalue weighted by atomic mass is 32.2. The molecule has 3 heterocycles. The molecule has 3 fully saturated rings. The highest BCUT2D eigenvalue weighted by Crippen LogP contribution is 2.59. The van der Waals surface area contributed by atoms with Crippen LogP contribution < -0.4 is 19.1 Å². The second-order valence-electron chi connectivity index (χ2n) is 11.9. The molecular weight excluding hydrogens is 572 g/mol. The number of piperidine rings is 1. The molecule has 0 radical (unpaired) electrons. The highest BCUT2D eigenvalue weighted by molar-refractivity contribution is 7.93. The average Bonchev–Trinajstić information content (AvgIpc) is 3.66. The molecule has 0 unspecified atom stereocenters. The van der Waals surface area contributed by atoms with Crippen molar-refractivity contribution in [1.29, 1.82) is 0 Å². The molecule has 3 aromatic rings. The van der Waals surface area contributed by atoms with E-state index in [0.29, 0.717) is 25.3 Å². The predicted octanol–water partition coefficient (Wildman–Crippen LogP) is 4.21. The molecule has 1 N–H and O–H groups in total. The number of carbonyl (C=O) groups is 1. The van der Waals surface area contributed by atoms with E-state index in [1.807, 2.05) is 0 Å². The van der Waals surface area contributed by atoms with E-state index in [4.69, 9.17) is 18.7 Å². The van der Waals surface area contributed by atoms with Crippen molar-refractivity contribution in [2.75, 3.05) is 57.1 Å². The van der Waals surface area contributed by atoms with Gasteiger partial charge in [0, 0.05) is 61.1 Å². The molecule has 1 amide bonds. The zero-order valence-electron chi connectivity index (χ0n) is 24.6. The fourth-order valence-corrected chi connectivity index (χ4v) is 8.00. The van der Waals surface area contributed by atoms with E-state index in [1.165, 1.54) is 38.3 Å². The van der Waals surface area contributed by atoms with Crippen LogP contribution in [0.15, 0.2) is 39.8 Å². The van der Waals surface area contributed by atoms with E-state index in [9.17, 15) is 13.2 Å². The molecule has 2 aliphatic carbocycles. The molecule has 2 aliphatic heterocycles. The van der Waals surface area contributed by atoms with Crippen molar-refractivity contribution in [3.8, 4) is 22.8 Å². The Hall–Kier alpha value is -3.77. The van der Waals surface area contributed by atoms with Gasteiger partial charge in [0.15, 0.2) is 16.5 Å². The Morgan fingerprint density at radius 2 is 1.72 bits per heavy atom. The molecule has 7 rings (SSSR count). The van der Waals surface area contributed by atoms with Crippen LogP contribution in [0, 0.1) is 0 Å². The first-order valence-electron chi connectivity index (χ1n) is 14.8. The van der Waals surface area contributed by atoms with Crippen LogP contribution in [0.4, 0.5) is 11.5 Å². The number of likely N-dealkylation sites (tertiary alicyclic amines) is 1. The Morgan fingerprint density at radius 1 is 1.02 bits per heavy atom. The summed E-state index contributed by atoms with van der Waals surface area (Å²) in [5.74, 6) is 0.543. The van der Waals surface area contributed by atoms with Crippen LogP contribution in [-0.2, 0) is 26.6 Å². The number of rotatable bonds is 8. The molecule has 0 atom stereocenters. The van der Waals surface area contributed by atoms with Crippen molar-refractivity contribution >= 4 is 27.4 Å². The van der Waals surface area contributed by atoms with Gasteiger partial charge in [-0.05, 0) is 68.4 Å². The average molecular weight is 609 g/mol. The maximum Gasteiger partial charge on any atom is 0.270 e. The Morgan fingerprint density at radius 3 is 2.30 bits per heavy atom. The summed E-state index contributed by atoms with van der Waals surface area (Å²) in [6.07, 6.45) is 5.47. The lowest BCUT2D eigenvalue weighted by Gasteiger charge is -2.34. The molecule has 4 aliphatic rings. The molecule has 0 bridgehead atoms. The first-order chi connectivity index (χ1) is 20.8. The number of anilines is 2. The van der Waals surface area contributed by atoms with Gasteiger partial charge in [0.25, 0.3) is 15.9 Å². The van der Waals surface area contributed by atoms with E-state index >= 15 is 0 Å². The maximum atomic E-state index is 13.9. The number of methoxy groups -OCH3 is 3. The third-order valence-corrected chi connectivity index (χ3v) is 10.9. The normalized spacial score (nSPS) is 19.0. The van der Waals surface area contributed by atoms with Gasteiger partial charge in [0.1, 0.15) is 11.5 Å². The van der Waals surface area contributed by atoms with Crippen molar-refractivity contribution in [1.82, 2.24) is 10.1 Å². The van der Waals surface area contributed by atoms with Gasteiger partial charge < -0.3 is 28.5 Å². The molecule has 228 valence electrons. The second-order valence-corrected chi connectivity index (χ2v) is 13.5. The van der Waals surface area contributed by atoms with Gasteiger partial charge in [-0.2, -0.15) is 0 Å². The standard InChI is InChI=1S/C31H36N4O7S/c1-39-21-7-13-35(14-8-21)30(36)19-15-25(40-2)28(26(16-19)41-3)43(37,38)33-29-23-18-31(9-10-31)24-6-5-20(34-11-4-12-34)17-22(24)27(23)42-32-29/h5-6,15-17,21H,4,7-14,18H2,1-3H3,(H,32,33). The van der Waals surface area contributed by atoms with E-state index < -0.39 is 10.0 Å². The summed E-state index contributed by atoms with van der Waals surface area (Å²) in [6.45, 7) is 3.15. The third kappa shape index (κ3) is 4.71. The summed E-state index contributed by atoms with van der Waals surface area (Å²) in [5, 5.41) is 4.21. The number of nitrogens with zero attached hydrogens (tertiary/aromatic N) is 3. The number of hydrogen-bond donors (Lipinski definition) is 1. The topological polar surface area (TPSA) is 123 Å². The van der Waals surface area contributed by atoms with Crippen molar-refractivity contribution in [3.63, 3.8) is 0 Å². The fourth-order valence-electron chi connectivity index (χ4n) is 6.67. The molecule has 1 spiro atoms. The van der Waals surface area contributed by atoms with Crippen LogP contribution in [0.1, 0.15) is 53.6 Å². The lowest BCUT2D eigenvalue weighted by atomic mass is 9.79. The minimum atomic E-state index is -4.26. The summed E-state index contributed by atoms with van der Waals surface area (Å²) in [4.78, 5) is 17.2. The number of benzene rings is 2. The highest BCUT2D eigenvalue weighted by Gasteiger charge is 2.51. The molecule has 1 aromatic heterocycles. The minimum absolute atomic E-state index is 0.00235. The van der Waals surface area contributed by atoms with Gasteiger partial charge in [0.05, 0.1) is 20.3 Å². The summed E-state index contributed by atoms with van der Waals surface area (Å²) < 4.78 is 52.8. The van der Waals surface area contributed by atoms with Crippen molar-refractivity contribution in [2.45, 2.75) is 54.9 Å². The summed E-state index contributed by atoms with van der Waals surface area (Å²) in [7, 11) is 0.148. The SMILES string of the molecule is COc1cc(C(=O)N2CCC(OC)CC2)cc(OC)c1S(=O)(=O)Nc1noc2c1CC1(CC1)c1ccc(N3CCC3)cc1-2. The monoisotopic (exact) mass is 608 g/mol. The molecule has 2 saturated heterocycles. The zero-order valence-corrected chi connectivity index (χ0v) is 25.5. The van der Waals surface area contributed by atoms with Crippen LogP contribution in [0.3, 0.4) is 0 Å². The van der Waals surface area contributed by atoms with Gasteiger partial charge >= 0.3 is 0 Å². The molecule has 12 heteroatoms. The molecule has 43 heavy (non-hydrogen) atoms. The summed E-state index contributed by atoms with van der Waals surface area (Å²) in [5.41, 5.74) is 4.36. The Kier molecular flexibility index (Phi) is 6.81. The first-order valence-corrected chi connectivity index (χ1v) is 16.2. The largest absolute Gasteiger partial charge is 0.495 e. The maximum absolute atomic E-state index is 13.9. The zero-order chi connectivity index (χ0) is 29.9. The number of fused-ring (bicyclic) bond motifs is 4. The van der Waals surface area contributed by atoms with Gasteiger partial charge in [0.2, 0.25) is 0 Å². The van der Waals surface area contributed by atoms with Gasteiger partial charge in [-0.15, -0.1) is 0 Å². The van der Waals surface area contributed by atoms with Crippen LogP contribution in [-0.4, -0.2) is 78.0 Å². The molecule has 1 saturated carbocycles. The van der Waals surface area contributed by atoms with Crippen LogP contribution >= 0.6 is 0 Å². The number of hydrogen-bond acceptors (Lipinski definition) is 9. The van der Waals surface area contributed by atoms with Crippen LogP contribution in [0.25, 0.3) is 11.3 Å². The Balaban J connectivity index is 1.21. The van der Waals surface area contributed by atoms with E-state index in [0.717, 1.165) is 55.6 Å². The molecule has 11 nitrogen and oxygen atoms in total. The van der Waals surface area contributed by atoms with Crippen LogP contribution in [0.5, 0.6) is 11.5 Å². The quantitative estimate of drug-likeness (QED) is 0.401. The number of amides is 1. The number of ether oxygens (including phenoxy) is 3. The minimum Gasteiger partial charge on any atom is -0.495 e. The Labute approximate surface area is 251 Å². The van der Waals surface area contributed by atoms with Crippen molar-refractivity contribution in [2.24, 2.45) is 0 Å². The summed E-state index contributed by atoms with van der Waals surface area (Å²) >= 11 is 0. The third-order valence-electron chi connectivity index (χ3n) is 9.47. The van der Waals surface area contributed by atoms with Gasteiger partial charge in [-0.25, -0.2) is 8.42 Å². The lowest BCUT2D eigenvalue weighted by Crippen LogP contribution is -2.40. The number of sulfonamides is 1. The molecular formula is C31H36N4O7S. The number of nitrogens with one attached hydrogen (secondary N) is 1. The van der Waals surface area contributed by atoms with Gasteiger partial charge in [-0.1, -0.05) is 11.2 Å². The predicted molar refractivity (Wildman–Crippen MR) is 160 cm³/mol. The van der Waals surface area contributed by atoms with E-state index in [2.05, 4.69) is 33.0 Å². The van der Waals surface area contributed by atoms with Crippen LogP contribution in [0.2, 0.25) is 0 Å². The summed E-state index contributed by atoms with van der Waals surface area (Å²) in [6, 6.07) is 9.43. The fraction of sp³-hybridized carbons (Fsp3) is 0.484. The number of aromatic nitrogens is 1. The van der Waals surface area contributed by atoms with E-state index in [-0.39, 0.29) is 45.2 Å². The van der Waals surface area contributed by atoms with Gasteiger partial charge in [-0.3, -0.25) is 9.52 Å². The smallest absolute Gasteiger partial charge is 0.270 e. The van der Waals surface area contributed by atoms with Crippen molar-refractivity contribution < 1.29 is 31.9 Å².